The zero-order valence-electron chi connectivity index (χ0n) is 24.0. The van der Waals surface area contributed by atoms with Gasteiger partial charge in [-0.2, -0.15) is 0 Å². The first kappa shape index (κ1) is 26.3. The van der Waals surface area contributed by atoms with E-state index in [4.69, 9.17) is 0 Å². The molecule has 5 aromatic carbocycles. The van der Waals surface area contributed by atoms with Gasteiger partial charge in [0.25, 0.3) is 0 Å². The van der Waals surface area contributed by atoms with Gasteiger partial charge in [0.2, 0.25) is 0 Å². The number of hydrogen-bond acceptors (Lipinski definition) is 2. The number of rotatable bonds is 6. The van der Waals surface area contributed by atoms with Gasteiger partial charge >= 0.3 is 0 Å². The van der Waals surface area contributed by atoms with E-state index in [2.05, 4.69) is 159 Å². The first-order valence-electron chi connectivity index (χ1n) is 14.5. The maximum Gasteiger partial charge on any atom is 0.0437 e. The summed E-state index contributed by atoms with van der Waals surface area (Å²) in [5, 5.41) is 2.67. The largest absolute Gasteiger partial charge is 0.338 e. The lowest BCUT2D eigenvalue weighted by molar-refractivity contribution is 0.659. The highest BCUT2D eigenvalue weighted by Gasteiger charge is 2.39. The maximum atomic E-state index is 4.12. The van der Waals surface area contributed by atoms with E-state index in [1.54, 1.807) is 0 Å². The molecule has 7 rings (SSSR count). The van der Waals surface area contributed by atoms with Gasteiger partial charge in [-0.05, 0) is 58.2 Å². The molecule has 1 nitrogen and oxygen atoms in total. The van der Waals surface area contributed by atoms with E-state index in [0.29, 0.717) is 0 Å². The Labute approximate surface area is 252 Å². The van der Waals surface area contributed by atoms with Gasteiger partial charge in [-0.15, -0.1) is 11.3 Å². The molecule has 0 amide bonds. The molecule has 204 valence electrons. The summed E-state index contributed by atoms with van der Waals surface area (Å²) in [5.41, 5.74) is 10.1. The molecule has 0 saturated heterocycles. The number of thiophene rings is 1. The Morgan fingerprint density at radius 3 is 2.07 bits per heavy atom. The second kappa shape index (κ2) is 10.6. The average molecular weight is 560 g/mol. The lowest BCUT2D eigenvalue weighted by Gasteiger charge is -2.27. The molecule has 0 N–H and O–H groups in total. The number of para-hydroxylation sites is 1. The second-order valence-electron chi connectivity index (χ2n) is 11.4. The number of allylic oxidation sites excluding steroid dienone is 4. The fraction of sp³-hybridized carbons (Fsp3) is 0.100. The summed E-state index contributed by atoms with van der Waals surface area (Å²) in [6, 6.07) is 43.6. The first-order chi connectivity index (χ1) is 20.6. The number of hydrogen-bond donors (Lipinski definition) is 0. The topological polar surface area (TPSA) is 3.24 Å². The Kier molecular flexibility index (Phi) is 6.64. The highest BCUT2D eigenvalue weighted by atomic mass is 32.1. The summed E-state index contributed by atoms with van der Waals surface area (Å²) >= 11 is 1.90. The summed E-state index contributed by atoms with van der Waals surface area (Å²) in [6.07, 6.45) is 6.59. The van der Waals surface area contributed by atoms with Gasteiger partial charge in [0.15, 0.2) is 0 Å². The minimum atomic E-state index is -0.131. The van der Waals surface area contributed by atoms with Gasteiger partial charge in [0.05, 0.1) is 0 Å². The third-order valence-corrected chi connectivity index (χ3v) is 9.77. The smallest absolute Gasteiger partial charge is 0.0437 e. The zero-order chi connectivity index (χ0) is 28.7. The fourth-order valence-corrected chi connectivity index (χ4v) is 7.73. The van der Waals surface area contributed by atoms with Gasteiger partial charge in [-0.1, -0.05) is 130 Å². The fourth-order valence-electron chi connectivity index (χ4n) is 6.46. The third-order valence-electron chi connectivity index (χ3n) is 8.57. The molecule has 0 aliphatic heterocycles. The molecule has 0 atom stereocenters. The summed E-state index contributed by atoms with van der Waals surface area (Å²) < 4.78 is 2.71. The van der Waals surface area contributed by atoms with Crippen molar-refractivity contribution in [2.24, 2.45) is 0 Å². The van der Waals surface area contributed by atoms with Crippen molar-refractivity contribution >= 4 is 48.5 Å². The minimum absolute atomic E-state index is 0.131. The molecule has 2 heteroatoms. The van der Waals surface area contributed by atoms with Crippen LogP contribution in [0.25, 0.3) is 36.9 Å². The van der Waals surface area contributed by atoms with Crippen molar-refractivity contribution in [3.05, 3.63) is 163 Å². The molecule has 0 fully saturated rings. The summed E-state index contributed by atoms with van der Waals surface area (Å²) in [4.78, 5) is 2.40. The first-order valence-corrected chi connectivity index (χ1v) is 15.3. The Balaban J connectivity index is 1.32. The Morgan fingerprint density at radius 1 is 0.690 bits per heavy atom. The quantitative estimate of drug-likeness (QED) is 0.196. The number of anilines is 2. The third kappa shape index (κ3) is 4.40. The van der Waals surface area contributed by atoms with Crippen LogP contribution in [0.5, 0.6) is 0 Å². The van der Waals surface area contributed by atoms with Crippen molar-refractivity contribution in [3.8, 4) is 11.1 Å². The van der Waals surface area contributed by atoms with Crippen molar-refractivity contribution in [2.45, 2.75) is 19.3 Å². The second-order valence-corrected chi connectivity index (χ2v) is 12.4. The molecular weight excluding hydrogens is 527 g/mol. The number of fused-ring (bicyclic) bond motifs is 5. The summed E-state index contributed by atoms with van der Waals surface area (Å²) in [6.45, 7) is 9.60. The predicted molar refractivity (Wildman–Crippen MR) is 184 cm³/mol. The Hall–Kier alpha value is -4.66. The Morgan fingerprint density at radius 2 is 1.33 bits per heavy atom. The number of benzene rings is 5. The molecule has 6 aromatic rings. The average Bonchev–Trinajstić information content (AvgIpc) is 3.51. The van der Waals surface area contributed by atoms with Crippen molar-refractivity contribution < 1.29 is 0 Å². The Bertz CT molecular complexity index is 1970. The van der Waals surface area contributed by atoms with Gasteiger partial charge in [-0.25, -0.2) is 0 Å². The van der Waals surface area contributed by atoms with Crippen LogP contribution >= 0.6 is 11.3 Å². The van der Waals surface area contributed by atoms with Crippen molar-refractivity contribution in [3.63, 3.8) is 0 Å². The highest BCUT2D eigenvalue weighted by Crippen LogP contribution is 2.54. The lowest BCUT2D eigenvalue weighted by atomic mass is 9.82. The van der Waals surface area contributed by atoms with Crippen molar-refractivity contribution in [1.82, 2.24) is 0 Å². The van der Waals surface area contributed by atoms with E-state index in [9.17, 15) is 0 Å². The van der Waals surface area contributed by atoms with Crippen LogP contribution in [-0.2, 0) is 5.41 Å². The van der Waals surface area contributed by atoms with Gasteiger partial charge in [0.1, 0.15) is 0 Å². The molecule has 1 aromatic heterocycles. The van der Waals surface area contributed by atoms with Gasteiger partial charge in [0, 0.05) is 49.1 Å². The molecule has 1 aliphatic carbocycles. The van der Waals surface area contributed by atoms with E-state index in [0.717, 1.165) is 6.54 Å². The van der Waals surface area contributed by atoms with Crippen LogP contribution in [0, 0.1) is 0 Å². The monoisotopic (exact) mass is 559 g/mol. The van der Waals surface area contributed by atoms with Crippen LogP contribution in [-0.4, -0.2) is 6.54 Å². The molecule has 0 unspecified atom stereocenters. The molecule has 0 bridgehead atoms. The molecule has 0 radical (unpaired) electrons. The normalized spacial score (nSPS) is 15.9. The molecule has 0 saturated carbocycles. The minimum Gasteiger partial charge on any atom is -0.338 e. The van der Waals surface area contributed by atoms with Crippen LogP contribution in [0.2, 0.25) is 0 Å². The molecular formula is C40H33NS. The van der Waals surface area contributed by atoms with Crippen LogP contribution in [0.4, 0.5) is 11.4 Å². The van der Waals surface area contributed by atoms with Crippen LogP contribution in [0.1, 0.15) is 25.0 Å². The number of nitrogens with zero attached hydrogens (tertiary/aromatic N) is 1. The van der Waals surface area contributed by atoms with Gasteiger partial charge in [-0.3, -0.25) is 0 Å². The van der Waals surface area contributed by atoms with Crippen LogP contribution < -0.4 is 4.90 Å². The predicted octanol–water partition coefficient (Wildman–Crippen LogP) is 11.3. The zero-order valence-corrected chi connectivity index (χ0v) is 24.9. The van der Waals surface area contributed by atoms with Crippen LogP contribution in [0.3, 0.4) is 0 Å². The van der Waals surface area contributed by atoms with E-state index in [-0.39, 0.29) is 5.41 Å². The molecule has 1 heterocycles. The SMILES string of the molecule is C=CC=C1/C(=C\CN(c2ccccc2)c2ccc(-c3ccccc3)cc2)C(C)(C)c2ccc3c(sc4ccccc43)c21. The standard InChI is InChI=1S/C40H33NS/c1-4-13-34-35(40(2,3)36-25-24-33-32-18-11-12-19-37(32)42-39(33)38(34)36)26-27-41(30-16-9-6-10-17-30)31-22-20-29(21-23-31)28-14-7-5-8-15-28/h4-26H,1,27H2,2-3H3/b34-13?,35-26+. The highest BCUT2D eigenvalue weighted by molar-refractivity contribution is 7.26. The van der Waals surface area contributed by atoms with E-state index < -0.39 is 0 Å². The van der Waals surface area contributed by atoms with Gasteiger partial charge < -0.3 is 4.90 Å². The lowest BCUT2D eigenvalue weighted by Crippen LogP contribution is -2.20. The van der Waals surface area contributed by atoms with E-state index >= 15 is 0 Å². The van der Waals surface area contributed by atoms with Crippen molar-refractivity contribution in [1.29, 1.82) is 0 Å². The maximum absolute atomic E-state index is 4.12. The molecule has 42 heavy (non-hydrogen) atoms. The molecule has 1 aliphatic rings. The van der Waals surface area contributed by atoms with E-state index in [1.807, 2.05) is 17.4 Å². The van der Waals surface area contributed by atoms with Crippen LogP contribution in [0.15, 0.2) is 152 Å². The molecule has 0 spiro atoms. The summed E-state index contributed by atoms with van der Waals surface area (Å²) in [5.74, 6) is 0. The van der Waals surface area contributed by atoms with E-state index in [1.165, 1.54) is 64.9 Å². The summed E-state index contributed by atoms with van der Waals surface area (Å²) in [7, 11) is 0. The van der Waals surface area contributed by atoms with Crippen molar-refractivity contribution in [2.75, 3.05) is 11.4 Å².